The molecule has 1 unspecified atom stereocenters. The molecule has 3 atom stereocenters. The quantitative estimate of drug-likeness (QED) is 0.126. The van der Waals surface area contributed by atoms with Crippen LogP contribution in [0, 0.1) is 23.2 Å². The third-order valence-corrected chi connectivity index (χ3v) is 11.3. The molecule has 0 bridgehead atoms. The van der Waals surface area contributed by atoms with Gasteiger partial charge in [-0.05, 0) is 122 Å². The first-order chi connectivity index (χ1) is 24.8. The van der Waals surface area contributed by atoms with Crippen molar-refractivity contribution in [1.29, 1.82) is 0 Å². The van der Waals surface area contributed by atoms with Gasteiger partial charge in [-0.25, -0.2) is 0 Å². The van der Waals surface area contributed by atoms with Crippen LogP contribution in [0.15, 0.2) is 66.7 Å². The van der Waals surface area contributed by atoms with Crippen molar-refractivity contribution in [2.45, 2.75) is 51.0 Å². The van der Waals surface area contributed by atoms with Crippen LogP contribution < -0.4 is 27.0 Å². The van der Waals surface area contributed by atoms with Crippen molar-refractivity contribution in [3.05, 3.63) is 82.9 Å². The van der Waals surface area contributed by atoms with Gasteiger partial charge in [0.15, 0.2) is 0 Å². The van der Waals surface area contributed by atoms with Crippen molar-refractivity contribution >= 4 is 35.0 Å². The standard InChI is InChI=1S/C38H44ClN9O3/c39-32-18-28(35(49)42-21-29-19-38(29)15-16-41-22-38)11-14-31(32)25-5-1-23(2-6-25)17-33(44-36(50)27-7-3-24(20-40)4-8-27)37(51)43-30-12-9-26(10-13-30)34-45-47-48-46-34/h1-2,5-6,9-14,18,24,27,29,33,41H,3-4,7-8,15-17,19-22,40H2,(H,42,49)(H,43,51)(H,44,50)(H,45,46,47,48)/t24?,27?,29-,33+,38?/m1/s1. The molecule has 2 heterocycles. The van der Waals surface area contributed by atoms with Crippen LogP contribution in [0.2, 0.25) is 5.02 Å². The second-order valence-electron chi connectivity index (χ2n) is 14.3. The molecule has 3 aliphatic rings. The van der Waals surface area contributed by atoms with Crippen LogP contribution in [0.25, 0.3) is 22.5 Å². The molecule has 1 saturated heterocycles. The number of benzene rings is 3. The average Bonchev–Trinajstić information content (AvgIpc) is 3.47. The van der Waals surface area contributed by atoms with E-state index in [1.807, 2.05) is 30.3 Å². The number of aromatic amines is 1. The summed E-state index contributed by atoms with van der Waals surface area (Å²) in [7, 11) is 0. The third kappa shape index (κ3) is 8.14. The van der Waals surface area contributed by atoms with Crippen molar-refractivity contribution < 1.29 is 14.4 Å². The minimum absolute atomic E-state index is 0.113. The van der Waals surface area contributed by atoms with Crippen LogP contribution in [0.4, 0.5) is 5.69 Å². The van der Waals surface area contributed by atoms with Gasteiger partial charge in [-0.2, -0.15) is 5.21 Å². The van der Waals surface area contributed by atoms with E-state index in [1.165, 1.54) is 12.8 Å². The van der Waals surface area contributed by atoms with Gasteiger partial charge in [0.05, 0.1) is 0 Å². The zero-order valence-electron chi connectivity index (χ0n) is 28.5. The van der Waals surface area contributed by atoms with Crippen LogP contribution in [0.5, 0.6) is 0 Å². The van der Waals surface area contributed by atoms with Crippen molar-refractivity contribution in [1.82, 2.24) is 36.6 Å². The Balaban J connectivity index is 1.01. The first-order valence-corrected chi connectivity index (χ1v) is 18.2. The minimum atomic E-state index is -0.802. The maximum atomic E-state index is 13.7. The van der Waals surface area contributed by atoms with Gasteiger partial charge < -0.3 is 27.0 Å². The second-order valence-corrected chi connectivity index (χ2v) is 14.7. The molecule has 7 rings (SSSR count). The Hall–Kier alpha value is -4.65. The molecule has 266 valence electrons. The topological polar surface area (TPSA) is 180 Å². The highest BCUT2D eigenvalue weighted by Crippen LogP contribution is 2.56. The van der Waals surface area contributed by atoms with Gasteiger partial charge in [0.25, 0.3) is 5.91 Å². The van der Waals surface area contributed by atoms with E-state index in [2.05, 4.69) is 41.9 Å². The molecule has 3 aromatic carbocycles. The van der Waals surface area contributed by atoms with Crippen molar-refractivity contribution in [2.75, 3.05) is 31.5 Å². The number of tetrazole rings is 1. The van der Waals surface area contributed by atoms with Gasteiger partial charge in [-0.15, -0.1) is 10.2 Å². The fraction of sp³-hybridized carbons (Fsp3) is 0.421. The molecule has 3 fully saturated rings. The Morgan fingerprint density at radius 1 is 0.980 bits per heavy atom. The number of hydrogen-bond donors (Lipinski definition) is 6. The number of aromatic nitrogens is 4. The fourth-order valence-corrected chi connectivity index (χ4v) is 7.94. The molecule has 12 nitrogen and oxygen atoms in total. The molecular formula is C38H44ClN9O3. The van der Waals surface area contributed by atoms with E-state index in [0.29, 0.717) is 58.9 Å². The number of amides is 3. The Bertz CT molecular complexity index is 1840. The second kappa shape index (κ2) is 15.3. The Kier molecular flexibility index (Phi) is 10.4. The Morgan fingerprint density at radius 2 is 1.75 bits per heavy atom. The molecule has 7 N–H and O–H groups in total. The molecule has 3 amide bonds. The molecular weight excluding hydrogens is 666 g/mol. The van der Waals surface area contributed by atoms with Crippen LogP contribution in [0.3, 0.4) is 0 Å². The third-order valence-electron chi connectivity index (χ3n) is 11.0. The molecule has 0 radical (unpaired) electrons. The van der Waals surface area contributed by atoms with E-state index >= 15 is 0 Å². The molecule has 1 spiro atoms. The van der Waals surface area contributed by atoms with Crippen LogP contribution in [0.1, 0.15) is 54.4 Å². The van der Waals surface area contributed by atoms with E-state index in [4.69, 9.17) is 17.3 Å². The average molecular weight is 710 g/mol. The number of rotatable bonds is 12. The number of anilines is 1. The molecule has 1 aromatic heterocycles. The van der Waals surface area contributed by atoms with E-state index in [0.717, 1.165) is 61.0 Å². The zero-order chi connectivity index (χ0) is 35.4. The van der Waals surface area contributed by atoms with Gasteiger partial charge in [-0.3, -0.25) is 14.4 Å². The van der Waals surface area contributed by atoms with Crippen molar-refractivity contribution in [3.8, 4) is 22.5 Å². The minimum Gasteiger partial charge on any atom is -0.352 e. The lowest BCUT2D eigenvalue weighted by molar-refractivity contribution is -0.130. The lowest BCUT2D eigenvalue weighted by Gasteiger charge is -2.28. The predicted molar refractivity (Wildman–Crippen MR) is 196 cm³/mol. The number of halogens is 1. The summed E-state index contributed by atoms with van der Waals surface area (Å²) in [6, 6.07) is 19.5. The highest BCUT2D eigenvalue weighted by atomic mass is 35.5. The van der Waals surface area contributed by atoms with E-state index < -0.39 is 6.04 Å². The largest absolute Gasteiger partial charge is 0.352 e. The summed E-state index contributed by atoms with van der Waals surface area (Å²) < 4.78 is 0. The molecule has 4 aromatic rings. The summed E-state index contributed by atoms with van der Waals surface area (Å²) in [5, 5.41) is 27.0. The lowest BCUT2D eigenvalue weighted by Crippen LogP contribution is -2.48. The molecule has 2 saturated carbocycles. The van der Waals surface area contributed by atoms with Gasteiger partial charge >= 0.3 is 0 Å². The first-order valence-electron chi connectivity index (χ1n) is 17.8. The van der Waals surface area contributed by atoms with E-state index in [9.17, 15) is 14.4 Å². The molecule has 2 aliphatic carbocycles. The van der Waals surface area contributed by atoms with E-state index in [1.54, 1.807) is 36.4 Å². The maximum absolute atomic E-state index is 13.7. The number of carbonyl (C=O) groups excluding carboxylic acids is 3. The number of carbonyl (C=O) groups is 3. The lowest BCUT2D eigenvalue weighted by atomic mass is 9.81. The number of H-pyrrole nitrogens is 1. The van der Waals surface area contributed by atoms with Crippen LogP contribution >= 0.6 is 11.6 Å². The number of nitrogens with two attached hydrogens (primary N) is 1. The molecule has 1 aliphatic heterocycles. The van der Waals surface area contributed by atoms with Crippen molar-refractivity contribution in [2.24, 2.45) is 28.9 Å². The molecule has 13 heteroatoms. The summed E-state index contributed by atoms with van der Waals surface area (Å²) >= 11 is 6.71. The predicted octanol–water partition coefficient (Wildman–Crippen LogP) is 4.35. The zero-order valence-corrected chi connectivity index (χ0v) is 29.2. The monoisotopic (exact) mass is 709 g/mol. The number of hydrogen-bond acceptors (Lipinski definition) is 8. The summed E-state index contributed by atoms with van der Waals surface area (Å²) in [6.45, 7) is 3.42. The maximum Gasteiger partial charge on any atom is 0.251 e. The summed E-state index contributed by atoms with van der Waals surface area (Å²) in [5.74, 6) is 0.735. The van der Waals surface area contributed by atoms with Crippen molar-refractivity contribution in [3.63, 3.8) is 0 Å². The fourth-order valence-electron chi connectivity index (χ4n) is 7.65. The normalized spacial score (nSPS) is 23.1. The summed E-state index contributed by atoms with van der Waals surface area (Å²) in [5.41, 5.74) is 10.7. The van der Waals surface area contributed by atoms with Gasteiger partial charge in [0, 0.05) is 52.8 Å². The Morgan fingerprint density at radius 3 is 2.41 bits per heavy atom. The first kappa shape index (κ1) is 34.8. The Labute approximate surface area is 302 Å². The highest BCUT2D eigenvalue weighted by Gasteiger charge is 2.54. The number of nitrogens with one attached hydrogen (secondary N) is 5. The summed E-state index contributed by atoms with van der Waals surface area (Å²) in [6.07, 6.45) is 5.98. The van der Waals surface area contributed by atoms with Crippen LogP contribution in [-0.4, -0.2) is 70.6 Å². The highest BCUT2D eigenvalue weighted by molar-refractivity contribution is 6.33. The van der Waals surface area contributed by atoms with Gasteiger partial charge in [-0.1, -0.05) is 41.9 Å². The van der Waals surface area contributed by atoms with Gasteiger partial charge in [0.2, 0.25) is 17.6 Å². The SMILES string of the molecule is NCC1CCC(C(=O)N[C@@H](Cc2ccc(-c3ccc(C(=O)NC[C@H]4CC45CCNC5)cc3Cl)cc2)C(=O)Nc2ccc(-c3nn[nH]n3)cc2)CC1. The smallest absolute Gasteiger partial charge is 0.251 e. The van der Waals surface area contributed by atoms with E-state index in [-0.39, 0.29) is 23.6 Å². The number of nitrogens with zero attached hydrogens (tertiary/aromatic N) is 3. The summed E-state index contributed by atoms with van der Waals surface area (Å²) in [4.78, 5) is 40.0. The van der Waals surface area contributed by atoms with Gasteiger partial charge in [0.1, 0.15) is 6.04 Å². The molecule has 51 heavy (non-hydrogen) atoms. The van der Waals surface area contributed by atoms with Crippen LogP contribution in [-0.2, 0) is 16.0 Å².